The minimum absolute atomic E-state index is 0.0918. The lowest BCUT2D eigenvalue weighted by Crippen LogP contribution is -2.40. The van der Waals surface area contributed by atoms with Crippen molar-refractivity contribution in [2.24, 2.45) is 0 Å². The van der Waals surface area contributed by atoms with Crippen LogP contribution in [0.5, 0.6) is 11.5 Å². The summed E-state index contributed by atoms with van der Waals surface area (Å²) >= 11 is 3.70. The first-order chi connectivity index (χ1) is 10.2. The number of carbonyl (C=O) groups excluding carboxylic acids is 1. The Labute approximate surface area is 134 Å². The van der Waals surface area contributed by atoms with Crippen LogP contribution in [0.4, 0.5) is 0 Å². The number of methoxy groups -OCH3 is 2. The minimum Gasteiger partial charge on any atom is -0.497 e. The van der Waals surface area contributed by atoms with Gasteiger partial charge in [-0.25, -0.2) is 0 Å². The van der Waals surface area contributed by atoms with Gasteiger partial charge in [0.1, 0.15) is 11.5 Å². The number of nitrogens with one attached hydrogen (secondary N) is 1. The van der Waals surface area contributed by atoms with Crippen molar-refractivity contribution in [3.63, 3.8) is 0 Å². The SMILES string of the molecule is COc1ccc(C(=O)NC2CCCCCC2Br)c(OC)c1. The van der Waals surface area contributed by atoms with Crippen molar-refractivity contribution in [1.29, 1.82) is 0 Å². The van der Waals surface area contributed by atoms with Crippen LogP contribution in [-0.2, 0) is 0 Å². The van der Waals surface area contributed by atoms with Crippen molar-refractivity contribution < 1.29 is 14.3 Å². The Morgan fingerprint density at radius 3 is 2.67 bits per heavy atom. The monoisotopic (exact) mass is 355 g/mol. The minimum atomic E-state index is -0.0918. The molecule has 4 nitrogen and oxygen atoms in total. The first kappa shape index (κ1) is 16.1. The summed E-state index contributed by atoms with van der Waals surface area (Å²) in [5.41, 5.74) is 0.544. The third kappa shape index (κ3) is 4.13. The summed E-state index contributed by atoms with van der Waals surface area (Å²) in [6, 6.07) is 5.42. The maximum atomic E-state index is 12.5. The second kappa shape index (κ2) is 7.69. The number of hydrogen-bond acceptors (Lipinski definition) is 3. The number of ether oxygens (including phenoxy) is 2. The van der Waals surface area contributed by atoms with Gasteiger partial charge in [-0.2, -0.15) is 0 Å². The van der Waals surface area contributed by atoms with Crippen molar-refractivity contribution in [3.05, 3.63) is 23.8 Å². The van der Waals surface area contributed by atoms with Crippen LogP contribution in [0.15, 0.2) is 18.2 Å². The summed E-state index contributed by atoms with van der Waals surface area (Å²) in [6.45, 7) is 0. The van der Waals surface area contributed by atoms with Crippen LogP contribution < -0.4 is 14.8 Å². The third-order valence-electron chi connectivity index (χ3n) is 3.90. The molecule has 1 fully saturated rings. The first-order valence-corrected chi connectivity index (χ1v) is 8.24. The van der Waals surface area contributed by atoms with E-state index in [4.69, 9.17) is 9.47 Å². The second-order valence-corrected chi connectivity index (χ2v) is 6.48. The van der Waals surface area contributed by atoms with E-state index in [9.17, 15) is 4.79 Å². The molecule has 1 aromatic carbocycles. The van der Waals surface area contributed by atoms with Gasteiger partial charge in [-0.1, -0.05) is 35.2 Å². The highest BCUT2D eigenvalue weighted by atomic mass is 79.9. The number of hydrogen-bond donors (Lipinski definition) is 1. The van der Waals surface area contributed by atoms with Crippen molar-refractivity contribution in [2.75, 3.05) is 14.2 Å². The molecule has 0 aliphatic heterocycles. The lowest BCUT2D eigenvalue weighted by Gasteiger charge is -2.22. The van der Waals surface area contributed by atoms with Crippen LogP contribution in [0, 0.1) is 0 Å². The van der Waals surface area contributed by atoms with Crippen LogP contribution in [0.3, 0.4) is 0 Å². The predicted octanol–water partition coefficient (Wildman–Crippen LogP) is 3.53. The van der Waals surface area contributed by atoms with E-state index in [1.54, 1.807) is 32.4 Å². The molecule has 1 N–H and O–H groups in total. The highest BCUT2D eigenvalue weighted by Crippen LogP contribution is 2.27. The summed E-state index contributed by atoms with van der Waals surface area (Å²) in [5, 5.41) is 3.13. The molecule has 0 aromatic heterocycles. The van der Waals surface area contributed by atoms with E-state index in [0.29, 0.717) is 21.9 Å². The predicted molar refractivity (Wildman–Crippen MR) is 86.6 cm³/mol. The number of rotatable bonds is 4. The maximum Gasteiger partial charge on any atom is 0.255 e. The molecule has 1 saturated carbocycles. The Hall–Kier alpha value is -1.23. The molecule has 5 heteroatoms. The molecular weight excluding hydrogens is 334 g/mol. The fourth-order valence-electron chi connectivity index (χ4n) is 2.66. The number of carbonyl (C=O) groups is 1. The average Bonchev–Trinajstić information content (AvgIpc) is 2.71. The summed E-state index contributed by atoms with van der Waals surface area (Å²) in [7, 11) is 3.15. The van der Waals surface area contributed by atoms with Gasteiger partial charge in [0.2, 0.25) is 0 Å². The van der Waals surface area contributed by atoms with Gasteiger partial charge in [-0.15, -0.1) is 0 Å². The molecule has 21 heavy (non-hydrogen) atoms. The fraction of sp³-hybridized carbons (Fsp3) is 0.562. The Morgan fingerprint density at radius 1 is 1.19 bits per heavy atom. The van der Waals surface area contributed by atoms with Gasteiger partial charge in [0.05, 0.1) is 19.8 Å². The van der Waals surface area contributed by atoms with Gasteiger partial charge in [0, 0.05) is 16.9 Å². The van der Waals surface area contributed by atoms with E-state index in [-0.39, 0.29) is 11.9 Å². The number of benzene rings is 1. The second-order valence-electron chi connectivity index (χ2n) is 5.30. The Balaban J connectivity index is 2.12. The quantitative estimate of drug-likeness (QED) is 0.663. The van der Waals surface area contributed by atoms with E-state index in [2.05, 4.69) is 21.2 Å². The fourth-order valence-corrected chi connectivity index (χ4v) is 3.38. The Morgan fingerprint density at radius 2 is 1.95 bits per heavy atom. The summed E-state index contributed by atoms with van der Waals surface area (Å²) < 4.78 is 10.5. The molecule has 116 valence electrons. The van der Waals surface area contributed by atoms with Gasteiger partial charge in [-0.05, 0) is 25.0 Å². The van der Waals surface area contributed by atoms with Gasteiger partial charge in [0.25, 0.3) is 5.91 Å². The van der Waals surface area contributed by atoms with Crippen molar-refractivity contribution in [1.82, 2.24) is 5.32 Å². The molecule has 1 aliphatic carbocycles. The number of alkyl halides is 1. The number of halogens is 1. The van der Waals surface area contributed by atoms with Crippen molar-refractivity contribution in [3.8, 4) is 11.5 Å². The van der Waals surface area contributed by atoms with Gasteiger partial charge < -0.3 is 14.8 Å². The molecule has 0 saturated heterocycles. The van der Waals surface area contributed by atoms with Crippen LogP contribution in [0.2, 0.25) is 0 Å². The lowest BCUT2D eigenvalue weighted by molar-refractivity contribution is 0.0931. The third-order valence-corrected chi connectivity index (χ3v) is 5.00. The highest BCUT2D eigenvalue weighted by Gasteiger charge is 2.24. The van der Waals surface area contributed by atoms with Crippen LogP contribution in [-0.4, -0.2) is 31.0 Å². The average molecular weight is 356 g/mol. The molecule has 1 amide bonds. The van der Waals surface area contributed by atoms with Crippen LogP contribution >= 0.6 is 15.9 Å². The van der Waals surface area contributed by atoms with Gasteiger partial charge in [-0.3, -0.25) is 4.79 Å². The van der Waals surface area contributed by atoms with E-state index in [0.717, 1.165) is 19.3 Å². The summed E-state index contributed by atoms with van der Waals surface area (Å²) in [5.74, 6) is 1.12. The van der Waals surface area contributed by atoms with Crippen molar-refractivity contribution >= 4 is 21.8 Å². The highest BCUT2D eigenvalue weighted by molar-refractivity contribution is 9.09. The zero-order chi connectivity index (χ0) is 15.2. The van der Waals surface area contributed by atoms with Crippen LogP contribution in [0.25, 0.3) is 0 Å². The molecule has 2 atom stereocenters. The van der Waals surface area contributed by atoms with E-state index in [1.807, 2.05) is 0 Å². The molecule has 0 radical (unpaired) electrons. The molecule has 2 unspecified atom stereocenters. The van der Waals surface area contributed by atoms with E-state index < -0.39 is 0 Å². The van der Waals surface area contributed by atoms with Gasteiger partial charge in [0.15, 0.2) is 0 Å². The van der Waals surface area contributed by atoms with E-state index >= 15 is 0 Å². The maximum absolute atomic E-state index is 12.5. The normalized spacial score (nSPS) is 22.2. The summed E-state index contributed by atoms with van der Waals surface area (Å²) in [6.07, 6.45) is 5.73. The lowest BCUT2D eigenvalue weighted by atomic mass is 10.1. The van der Waals surface area contributed by atoms with Crippen LogP contribution in [0.1, 0.15) is 42.5 Å². The smallest absolute Gasteiger partial charge is 0.255 e. The largest absolute Gasteiger partial charge is 0.497 e. The standard InChI is InChI=1S/C16H22BrNO3/c1-20-11-8-9-12(15(10-11)21-2)16(19)18-14-7-5-3-4-6-13(14)17/h8-10,13-14H,3-7H2,1-2H3,(H,18,19). The Kier molecular flexibility index (Phi) is 5.91. The first-order valence-electron chi connectivity index (χ1n) is 7.32. The molecule has 2 rings (SSSR count). The molecule has 1 aromatic rings. The van der Waals surface area contributed by atoms with Gasteiger partial charge >= 0.3 is 0 Å². The zero-order valence-electron chi connectivity index (χ0n) is 12.5. The summed E-state index contributed by atoms with van der Waals surface area (Å²) in [4.78, 5) is 12.8. The topological polar surface area (TPSA) is 47.6 Å². The Bertz CT molecular complexity index is 492. The molecular formula is C16H22BrNO3. The molecule has 0 bridgehead atoms. The molecule has 0 heterocycles. The molecule has 0 spiro atoms. The van der Waals surface area contributed by atoms with Crippen molar-refractivity contribution in [2.45, 2.75) is 43.0 Å². The zero-order valence-corrected chi connectivity index (χ0v) is 14.1. The van der Waals surface area contributed by atoms with E-state index in [1.165, 1.54) is 12.8 Å². The number of amides is 1. The molecule has 1 aliphatic rings.